The molecule has 0 spiro atoms. The van der Waals surface area contributed by atoms with E-state index in [9.17, 15) is 0 Å². The van der Waals surface area contributed by atoms with Gasteiger partial charge in [0, 0.05) is 39.4 Å². The third-order valence-electron chi connectivity index (χ3n) is 5.45. The summed E-state index contributed by atoms with van der Waals surface area (Å²) < 4.78 is 5.65. The van der Waals surface area contributed by atoms with Gasteiger partial charge >= 0.3 is 0 Å². The Morgan fingerprint density at radius 3 is 2.42 bits per heavy atom. The van der Waals surface area contributed by atoms with Crippen LogP contribution in [0.15, 0.2) is 35.3 Å². The van der Waals surface area contributed by atoms with Crippen LogP contribution in [0.1, 0.15) is 31.2 Å². The summed E-state index contributed by atoms with van der Waals surface area (Å²) in [6.45, 7) is 5.84. The fourth-order valence-corrected chi connectivity index (χ4v) is 3.90. The van der Waals surface area contributed by atoms with E-state index in [4.69, 9.17) is 9.73 Å². The molecule has 0 aromatic heterocycles. The molecule has 0 aliphatic carbocycles. The maximum Gasteiger partial charge on any atom is 0.193 e. The van der Waals surface area contributed by atoms with Gasteiger partial charge in [0.1, 0.15) is 0 Å². The Hall–Kier alpha value is -0.860. The van der Waals surface area contributed by atoms with Gasteiger partial charge in [-0.3, -0.25) is 4.90 Å². The fourth-order valence-electron chi connectivity index (χ4n) is 3.90. The van der Waals surface area contributed by atoms with Gasteiger partial charge in [-0.25, -0.2) is 4.99 Å². The van der Waals surface area contributed by atoms with Gasteiger partial charge in [-0.1, -0.05) is 30.3 Å². The topological polar surface area (TPSA) is 40.1 Å². The zero-order valence-electron chi connectivity index (χ0n) is 16.1. The van der Waals surface area contributed by atoms with Crippen LogP contribution in [0, 0.1) is 0 Å². The first-order chi connectivity index (χ1) is 12.2. The lowest BCUT2D eigenvalue weighted by Gasteiger charge is -2.45. The molecule has 0 unspecified atom stereocenters. The molecule has 0 atom stereocenters. The van der Waals surface area contributed by atoms with E-state index in [1.807, 2.05) is 6.07 Å². The maximum absolute atomic E-state index is 5.65. The maximum atomic E-state index is 5.65. The number of benzene rings is 1. The van der Waals surface area contributed by atoms with Crippen LogP contribution in [-0.2, 0) is 11.3 Å². The van der Waals surface area contributed by atoms with Gasteiger partial charge in [0.2, 0.25) is 0 Å². The summed E-state index contributed by atoms with van der Waals surface area (Å²) in [7, 11) is 4.12. The molecule has 2 aliphatic heterocycles. The minimum Gasteiger partial charge on any atom is -0.381 e. The highest BCUT2D eigenvalue weighted by Crippen LogP contribution is 2.30. The first-order valence-electron chi connectivity index (χ1n) is 9.52. The Bertz CT molecular complexity index is 552. The van der Waals surface area contributed by atoms with Crippen molar-refractivity contribution in [3.63, 3.8) is 0 Å². The molecule has 146 valence electrons. The van der Waals surface area contributed by atoms with Crippen LogP contribution in [0.4, 0.5) is 0 Å². The summed E-state index contributed by atoms with van der Waals surface area (Å²) in [5.41, 5.74) is 1.46. The zero-order chi connectivity index (χ0) is 17.5. The minimum atomic E-state index is 0. The van der Waals surface area contributed by atoms with Crippen LogP contribution in [-0.4, -0.2) is 68.2 Å². The lowest BCUT2D eigenvalue weighted by atomic mass is 9.88. The van der Waals surface area contributed by atoms with Crippen molar-refractivity contribution in [3.05, 3.63) is 35.9 Å². The molecule has 1 aromatic carbocycles. The van der Waals surface area contributed by atoms with Gasteiger partial charge in [-0.2, -0.15) is 0 Å². The predicted octanol–water partition coefficient (Wildman–Crippen LogP) is 2.96. The highest BCUT2D eigenvalue weighted by atomic mass is 127. The number of guanidine groups is 1. The fraction of sp³-hybridized carbons (Fsp3) is 0.650. The summed E-state index contributed by atoms with van der Waals surface area (Å²) in [6.07, 6.45) is 4.87. The number of aliphatic imine (C=N–C) groups is 1. The Labute approximate surface area is 175 Å². The third kappa shape index (κ3) is 5.57. The molecule has 0 amide bonds. The highest BCUT2D eigenvalue weighted by Gasteiger charge is 2.39. The first kappa shape index (κ1) is 21.4. The normalized spacial score (nSPS) is 20.5. The van der Waals surface area contributed by atoms with Gasteiger partial charge in [0.15, 0.2) is 5.96 Å². The summed E-state index contributed by atoms with van der Waals surface area (Å²) in [4.78, 5) is 9.59. The molecule has 2 fully saturated rings. The van der Waals surface area contributed by atoms with Crippen molar-refractivity contribution < 1.29 is 4.74 Å². The molecule has 2 heterocycles. The number of nitrogens with zero attached hydrogens (tertiary/aromatic N) is 3. The molecular weight excluding hydrogens is 439 g/mol. The van der Waals surface area contributed by atoms with E-state index in [1.54, 1.807) is 0 Å². The third-order valence-corrected chi connectivity index (χ3v) is 5.45. The van der Waals surface area contributed by atoms with E-state index in [1.165, 1.54) is 31.5 Å². The molecule has 26 heavy (non-hydrogen) atoms. The van der Waals surface area contributed by atoms with E-state index in [0.29, 0.717) is 6.54 Å². The van der Waals surface area contributed by atoms with Gasteiger partial charge < -0.3 is 15.0 Å². The second-order valence-corrected chi connectivity index (χ2v) is 7.40. The molecule has 0 saturated carbocycles. The average molecular weight is 472 g/mol. The summed E-state index contributed by atoms with van der Waals surface area (Å²) in [5.74, 6) is 0.967. The van der Waals surface area contributed by atoms with Gasteiger partial charge in [0.05, 0.1) is 6.54 Å². The van der Waals surface area contributed by atoms with Crippen LogP contribution in [0.2, 0.25) is 0 Å². The molecule has 2 aliphatic rings. The van der Waals surface area contributed by atoms with Crippen LogP contribution >= 0.6 is 24.0 Å². The van der Waals surface area contributed by atoms with Crippen LogP contribution in [0.3, 0.4) is 0 Å². The monoisotopic (exact) mass is 472 g/mol. The van der Waals surface area contributed by atoms with E-state index in [0.717, 1.165) is 38.6 Å². The van der Waals surface area contributed by atoms with Crippen molar-refractivity contribution in [3.8, 4) is 0 Å². The van der Waals surface area contributed by atoms with Crippen LogP contribution < -0.4 is 5.32 Å². The largest absolute Gasteiger partial charge is 0.381 e. The summed E-state index contributed by atoms with van der Waals surface area (Å²) in [5, 5.41) is 3.66. The van der Waals surface area contributed by atoms with Crippen molar-refractivity contribution in [1.29, 1.82) is 0 Å². The number of hydrogen-bond acceptors (Lipinski definition) is 3. The smallest absolute Gasteiger partial charge is 0.193 e. The highest BCUT2D eigenvalue weighted by molar-refractivity contribution is 14.0. The number of ether oxygens (including phenoxy) is 1. The van der Waals surface area contributed by atoms with Crippen molar-refractivity contribution >= 4 is 29.9 Å². The van der Waals surface area contributed by atoms with Crippen molar-refractivity contribution in [2.75, 3.05) is 46.9 Å². The SMILES string of the molecule is CN(C)C(=NCc1ccccc1)NCC1(N2CCCC2)CCOCC1.I. The van der Waals surface area contributed by atoms with E-state index in [2.05, 4.69) is 53.5 Å². The Kier molecular flexibility index (Phi) is 8.63. The minimum absolute atomic E-state index is 0. The second kappa shape index (κ2) is 10.5. The molecule has 1 N–H and O–H groups in total. The average Bonchev–Trinajstić information content (AvgIpc) is 3.18. The Morgan fingerprint density at radius 1 is 1.15 bits per heavy atom. The number of hydrogen-bond donors (Lipinski definition) is 1. The second-order valence-electron chi connectivity index (χ2n) is 7.40. The molecule has 2 saturated heterocycles. The van der Waals surface area contributed by atoms with E-state index in [-0.39, 0.29) is 29.5 Å². The van der Waals surface area contributed by atoms with E-state index < -0.39 is 0 Å². The number of rotatable bonds is 5. The zero-order valence-corrected chi connectivity index (χ0v) is 18.4. The van der Waals surface area contributed by atoms with Crippen LogP contribution in [0.5, 0.6) is 0 Å². The number of likely N-dealkylation sites (tertiary alicyclic amines) is 1. The Balaban J connectivity index is 0.00000243. The molecule has 3 rings (SSSR count). The lowest BCUT2D eigenvalue weighted by molar-refractivity contribution is -0.0165. The lowest BCUT2D eigenvalue weighted by Crippen LogP contribution is -2.58. The molecule has 1 aromatic rings. The van der Waals surface area contributed by atoms with Crippen molar-refractivity contribution in [2.45, 2.75) is 37.8 Å². The molecule has 0 bridgehead atoms. The number of nitrogens with one attached hydrogen (secondary N) is 1. The molecule has 6 heteroatoms. The van der Waals surface area contributed by atoms with Crippen molar-refractivity contribution in [1.82, 2.24) is 15.1 Å². The van der Waals surface area contributed by atoms with Crippen molar-refractivity contribution in [2.24, 2.45) is 4.99 Å². The summed E-state index contributed by atoms with van der Waals surface area (Å²) >= 11 is 0. The predicted molar refractivity (Wildman–Crippen MR) is 118 cm³/mol. The molecule has 5 nitrogen and oxygen atoms in total. The van der Waals surface area contributed by atoms with Gasteiger partial charge in [0.25, 0.3) is 0 Å². The molecular formula is C20H33IN4O. The number of halogens is 1. The standard InChI is InChI=1S/C20H32N4O.HI/c1-23(2)19(21-16-18-8-4-3-5-9-18)22-17-20(10-14-25-15-11-20)24-12-6-7-13-24;/h3-5,8-9H,6-7,10-17H2,1-2H3,(H,21,22);1H. The Morgan fingerprint density at radius 2 is 1.81 bits per heavy atom. The first-order valence-corrected chi connectivity index (χ1v) is 9.52. The summed E-state index contributed by atoms with van der Waals surface area (Å²) in [6, 6.07) is 10.4. The molecule has 0 radical (unpaired) electrons. The van der Waals surface area contributed by atoms with Gasteiger partial charge in [-0.15, -0.1) is 24.0 Å². The van der Waals surface area contributed by atoms with E-state index >= 15 is 0 Å². The van der Waals surface area contributed by atoms with Gasteiger partial charge in [-0.05, 0) is 44.3 Å². The quantitative estimate of drug-likeness (QED) is 0.407. The van der Waals surface area contributed by atoms with Crippen LogP contribution in [0.25, 0.3) is 0 Å².